The maximum atomic E-state index is 11.0. The predicted octanol–water partition coefficient (Wildman–Crippen LogP) is 2.15. The summed E-state index contributed by atoms with van der Waals surface area (Å²) in [6, 6.07) is 3.37. The van der Waals surface area contributed by atoms with Crippen molar-refractivity contribution >= 4 is 5.97 Å². The van der Waals surface area contributed by atoms with Crippen molar-refractivity contribution in [3.63, 3.8) is 0 Å². The van der Waals surface area contributed by atoms with Gasteiger partial charge in [0.25, 0.3) is 0 Å². The van der Waals surface area contributed by atoms with Crippen molar-refractivity contribution in [1.29, 1.82) is 0 Å². The summed E-state index contributed by atoms with van der Waals surface area (Å²) in [5, 5.41) is 9.05. The van der Waals surface area contributed by atoms with Crippen molar-refractivity contribution in [2.24, 2.45) is 0 Å². The van der Waals surface area contributed by atoms with Crippen LogP contribution in [-0.4, -0.2) is 21.0 Å². The molecule has 0 aliphatic heterocycles. The Bertz CT molecular complexity index is 538. The predicted molar refractivity (Wildman–Crippen MR) is 59.2 cm³/mol. The summed E-state index contributed by atoms with van der Waals surface area (Å²) in [5.74, 6) is -0.959. The van der Waals surface area contributed by atoms with E-state index in [1.54, 1.807) is 18.6 Å². The van der Waals surface area contributed by atoms with Crippen LogP contribution in [0.1, 0.15) is 15.9 Å². The normalized spacial score (nSPS) is 10.1. The minimum absolute atomic E-state index is 0.238. The number of pyridine rings is 2. The van der Waals surface area contributed by atoms with Gasteiger partial charge in [0.15, 0.2) is 0 Å². The molecular formula is C12H10N2O2. The van der Waals surface area contributed by atoms with E-state index in [-0.39, 0.29) is 5.56 Å². The van der Waals surface area contributed by atoms with Crippen LogP contribution >= 0.6 is 0 Å². The van der Waals surface area contributed by atoms with Gasteiger partial charge in [-0.25, -0.2) is 4.79 Å². The van der Waals surface area contributed by atoms with E-state index in [2.05, 4.69) is 9.97 Å². The molecule has 80 valence electrons. The maximum Gasteiger partial charge on any atom is 0.336 e. The Morgan fingerprint density at radius 2 is 2.06 bits per heavy atom. The number of hydrogen-bond donors (Lipinski definition) is 1. The van der Waals surface area contributed by atoms with Crippen LogP contribution in [0.15, 0.2) is 36.9 Å². The van der Waals surface area contributed by atoms with Crippen LogP contribution in [0, 0.1) is 6.92 Å². The third-order valence-electron chi connectivity index (χ3n) is 2.24. The van der Waals surface area contributed by atoms with Gasteiger partial charge < -0.3 is 5.11 Å². The van der Waals surface area contributed by atoms with E-state index in [4.69, 9.17) is 5.11 Å². The van der Waals surface area contributed by atoms with Crippen molar-refractivity contribution in [1.82, 2.24) is 9.97 Å². The highest BCUT2D eigenvalue weighted by Gasteiger charge is 2.11. The molecule has 0 aliphatic rings. The van der Waals surface area contributed by atoms with Gasteiger partial charge in [-0.1, -0.05) is 0 Å². The van der Waals surface area contributed by atoms with Crippen LogP contribution in [0.2, 0.25) is 0 Å². The summed E-state index contributed by atoms with van der Waals surface area (Å²) < 4.78 is 0. The van der Waals surface area contributed by atoms with Gasteiger partial charge in [-0.15, -0.1) is 0 Å². The second-order valence-corrected chi connectivity index (χ2v) is 3.48. The Labute approximate surface area is 92.6 Å². The van der Waals surface area contributed by atoms with E-state index in [1.165, 1.54) is 12.3 Å². The van der Waals surface area contributed by atoms with Crippen molar-refractivity contribution in [3.05, 3.63) is 48.0 Å². The summed E-state index contributed by atoms with van der Waals surface area (Å²) in [4.78, 5) is 19.0. The molecule has 0 fully saturated rings. The topological polar surface area (TPSA) is 63.1 Å². The van der Waals surface area contributed by atoms with Crippen LogP contribution in [0.4, 0.5) is 0 Å². The Morgan fingerprint density at radius 1 is 1.25 bits per heavy atom. The van der Waals surface area contributed by atoms with Crippen molar-refractivity contribution < 1.29 is 9.90 Å². The van der Waals surface area contributed by atoms with E-state index in [0.29, 0.717) is 5.56 Å². The van der Waals surface area contributed by atoms with E-state index in [0.717, 1.165) is 11.1 Å². The fraction of sp³-hybridized carbons (Fsp3) is 0.0833. The minimum Gasteiger partial charge on any atom is -0.478 e. The number of carboxylic acid groups (broad SMARTS) is 1. The van der Waals surface area contributed by atoms with Gasteiger partial charge in [-0.05, 0) is 24.6 Å². The number of hydrogen-bond acceptors (Lipinski definition) is 3. The lowest BCUT2D eigenvalue weighted by molar-refractivity contribution is 0.0697. The SMILES string of the molecule is Cc1cncc(-c2cnccc2C(=O)O)c1. The largest absolute Gasteiger partial charge is 0.478 e. The molecule has 1 N–H and O–H groups in total. The quantitative estimate of drug-likeness (QED) is 0.831. The molecule has 0 saturated carbocycles. The van der Waals surface area contributed by atoms with Gasteiger partial charge in [-0.3, -0.25) is 9.97 Å². The van der Waals surface area contributed by atoms with Crippen molar-refractivity contribution in [2.75, 3.05) is 0 Å². The fourth-order valence-electron chi connectivity index (χ4n) is 1.51. The average Bonchev–Trinajstić information content (AvgIpc) is 2.29. The molecule has 4 heteroatoms. The summed E-state index contributed by atoms with van der Waals surface area (Å²) in [5.41, 5.74) is 2.58. The van der Waals surface area contributed by atoms with Gasteiger partial charge >= 0.3 is 5.97 Å². The summed E-state index contributed by atoms with van der Waals surface area (Å²) in [7, 11) is 0. The van der Waals surface area contributed by atoms with Crippen LogP contribution in [0.3, 0.4) is 0 Å². The fourth-order valence-corrected chi connectivity index (χ4v) is 1.51. The highest BCUT2D eigenvalue weighted by Crippen LogP contribution is 2.22. The molecule has 0 atom stereocenters. The highest BCUT2D eigenvalue weighted by atomic mass is 16.4. The number of aromatic nitrogens is 2. The van der Waals surface area contributed by atoms with E-state index < -0.39 is 5.97 Å². The lowest BCUT2D eigenvalue weighted by Gasteiger charge is -2.05. The molecule has 0 amide bonds. The second-order valence-electron chi connectivity index (χ2n) is 3.48. The maximum absolute atomic E-state index is 11.0. The molecule has 2 aromatic heterocycles. The molecule has 0 spiro atoms. The van der Waals surface area contributed by atoms with Gasteiger partial charge in [0, 0.05) is 35.9 Å². The molecule has 0 bridgehead atoms. The zero-order valence-electron chi connectivity index (χ0n) is 8.71. The molecule has 0 aliphatic carbocycles. The number of carbonyl (C=O) groups is 1. The summed E-state index contributed by atoms with van der Waals surface area (Å²) >= 11 is 0. The molecule has 2 rings (SSSR count). The van der Waals surface area contributed by atoms with Crippen molar-refractivity contribution in [2.45, 2.75) is 6.92 Å². The first-order valence-electron chi connectivity index (χ1n) is 4.78. The van der Waals surface area contributed by atoms with Gasteiger partial charge in [0.2, 0.25) is 0 Å². The Hall–Kier alpha value is -2.23. The smallest absolute Gasteiger partial charge is 0.336 e. The molecule has 0 radical (unpaired) electrons. The van der Waals surface area contributed by atoms with E-state index >= 15 is 0 Å². The summed E-state index contributed by atoms with van der Waals surface area (Å²) in [6.07, 6.45) is 6.37. The average molecular weight is 214 g/mol. The number of aromatic carboxylic acids is 1. The number of carboxylic acids is 1. The lowest BCUT2D eigenvalue weighted by Crippen LogP contribution is -2.00. The monoisotopic (exact) mass is 214 g/mol. The number of nitrogens with zero attached hydrogens (tertiary/aromatic N) is 2. The first-order valence-corrected chi connectivity index (χ1v) is 4.78. The molecule has 4 nitrogen and oxygen atoms in total. The summed E-state index contributed by atoms with van der Waals surface area (Å²) in [6.45, 7) is 1.91. The molecule has 16 heavy (non-hydrogen) atoms. The van der Waals surface area contributed by atoms with Gasteiger partial charge in [0.1, 0.15) is 0 Å². The van der Waals surface area contributed by atoms with Crippen molar-refractivity contribution in [3.8, 4) is 11.1 Å². The number of aryl methyl sites for hydroxylation is 1. The minimum atomic E-state index is -0.959. The van der Waals surface area contributed by atoms with E-state index in [1.807, 2.05) is 13.0 Å². The zero-order valence-corrected chi connectivity index (χ0v) is 8.71. The first kappa shape index (κ1) is 10.3. The van der Waals surface area contributed by atoms with Crippen LogP contribution in [-0.2, 0) is 0 Å². The third-order valence-corrected chi connectivity index (χ3v) is 2.24. The lowest BCUT2D eigenvalue weighted by atomic mass is 10.0. The van der Waals surface area contributed by atoms with Gasteiger partial charge in [-0.2, -0.15) is 0 Å². The molecule has 0 aromatic carbocycles. The van der Waals surface area contributed by atoms with Gasteiger partial charge in [0.05, 0.1) is 5.56 Å². The molecule has 2 heterocycles. The van der Waals surface area contributed by atoms with Crippen LogP contribution in [0.5, 0.6) is 0 Å². The van der Waals surface area contributed by atoms with E-state index in [9.17, 15) is 4.79 Å². The Morgan fingerprint density at radius 3 is 2.75 bits per heavy atom. The number of rotatable bonds is 2. The standard InChI is InChI=1S/C12H10N2O2/c1-8-4-9(6-14-5-8)11-7-13-3-2-10(11)12(15)16/h2-7H,1H3,(H,15,16). The highest BCUT2D eigenvalue weighted by molar-refractivity contribution is 5.95. The molecular weight excluding hydrogens is 204 g/mol. The molecule has 0 unspecified atom stereocenters. The second kappa shape index (κ2) is 4.10. The zero-order chi connectivity index (χ0) is 11.5. The first-order chi connectivity index (χ1) is 7.68. The molecule has 2 aromatic rings. The van der Waals surface area contributed by atoms with Crippen LogP contribution < -0.4 is 0 Å². The molecule has 0 saturated heterocycles. The Kier molecular flexibility index (Phi) is 2.64. The Balaban J connectivity index is 2.60. The van der Waals surface area contributed by atoms with Crippen LogP contribution in [0.25, 0.3) is 11.1 Å². The third kappa shape index (κ3) is 1.91.